The molecule has 0 aliphatic carbocycles. The van der Waals surface area contributed by atoms with Gasteiger partial charge in [0.1, 0.15) is 17.4 Å². The van der Waals surface area contributed by atoms with Gasteiger partial charge in [-0.2, -0.15) is 0 Å². The number of nitrogens with one attached hydrogen (secondary N) is 1. The van der Waals surface area contributed by atoms with Crippen LogP contribution in [0.15, 0.2) is 12.1 Å². The third-order valence-electron chi connectivity index (χ3n) is 5.29. The Morgan fingerprint density at radius 1 is 1.33 bits per heavy atom. The number of anilines is 1. The Morgan fingerprint density at radius 3 is 2.96 bits per heavy atom. The van der Waals surface area contributed by atoms with Crippen molar-refractivity contribution in [2.75, 3.05) is 45.4 Å². The zero-order valence-corrected chi connectivity index (χ0v) is 15.8. The second kappa shape index (κ2) is 6.90. The Hall–Kier alpha value is -1.94. The summed E-state index contributed by atoms with van der Waals surface area (Å²) in [5.74, 6) is 0.677. The monoisotopic (exact) mass is 391 g/mol. The first-order chi connectivity index (χ1) is 13.2. The van der Waals surface area contributed by atoms with Crippen LogP contribution in [0.2, 0.25) is 0 Å². The minimum atomic E-state index is -0.136. The highest BCUT2D eigenvalue weighted by Crippen LogP contribution is 2.39. The van der Waals surface area contributed by atoms with Crippen LogP contribution in [-0.2, 0) is 14.2 Å². The lowest BCUT2D eigenvalue weighted by Gasteiger charge is -2.26. The molecule has 3 saturated heterocycles. The SMILES string of the molecule is COc1ccc(C2COCCO2)c2sc(NC(=O)N3C[C@@H]4C[C@H]3CO4)nc12. The van der Waals surface area contributed by atoms with E-state index in [1.807, 2.05) is 17.0 Å². The number of rotatable bonds is 3. The summed E-state index contributed by atoms with van der Waals surface area (Å²) in [7, 11) is 1.62. The summed E-state index contributed by atoms with van der Waals surface area (Å²) in [6, 6.07) is 3.92. The first-order valence-corrected chi connectivity index (χ1v) is 9.90. The maximum atomic E-state index is 12.7. The molecule has 1 N–H and O–H groups in total. The number of aromatic nitrogens is 1. The van der Waals surface area contributed by atoms with E-state index in [4.69, 9.17) is 18.9 Å². The molecule has 4 heterocycles. The van der Waals surface area contributed by atoms with Crippen LogP contribution in [0, 0.1) is 0 Å². The number of likely N-dealkylation sites (tertiary alicyclic amines) is 1. The Labute approximate surface area is 160 Å². The van der Waals surface area contributed by atoms with Crippen LogP contribution < -0.4 is 10.1 Å². The van der Waals surface area contributed by atoms with Gasteiger partial charge in [0.25, 0.3) is 0 Å². The molecule has 5 rings (SSSR count). The minimum Gasteiger partial charge on any atom is -0.494 e. The second-order valence-electron chi connectivity index (χ2n) is 6.92. The number of methoxy groups -OCH3 is 1. The van der Waals surface area contributed by atoms with Gasteiger partial charge in [0.2, 0.25) is 0 Å². The van der Waals surface area contributed by atoms with E-state index < -0.39 is 0 Å². The number of fused-ring (bicyclic) bond motifs is 3. The third-order valence-corrected chi connectivity index (χ3v) is 6.31. The number of carbonyl (C=O) groups excluding carboxylic acids is 1. The van der Waals surface area contributed by atoms with E-state index in [1.165, 1.54) is 11.3 Å². The largest absolute Gasteiger partial charge is 0.494 e. The molecule has 27 heavy (non-hydrogen) atoms. The molecular formula is C18H21N3O5S. The average Bonchev–Trinajstić information content (AvgIpc) is 3.43. The number of morpholine rings is 1. The van der Waals surface area contributed by atoms with Crippen molar-refractivity contribution >= 4 is 32.7 Å². The second-order valence-corrected chi connectivity index (χ2v) is 7.91. The van der Waals surface area contributed by atoms with Gasteiger partial charge in [0, 0.05) is 12.1 Å². The lowest BCUT2D eigenvalue weighted by molar-refractivity contribution is -0.0895. The van der Waals surface area contributed by atoms with Gasteiger partial charge in [-0.25, -0.2) is 9.78 Å². The number of ether oxygens (including phenoxy) is 4. The molecule has 1 aromatic heterocycles. The first kappa shape index (κ1) is 17.2. The number of amides is 2. The molecule has 8 nitrogen and oxygen atoms in total. The summed E-state index contributed by atoms with van der Waals surface area (Å²) >= 11 is 1.44. The smallest absolute Gasteiger partial charge is 0.324 e. The molecule has 3 atom stereocenters. The molecule has 1 unspecified atom stereocenters. The van der Waals surface area contributed by atoms with Gasteiger partial charge < -0.3 is 23.8 Å². The lowest BCUT2D eigenvalue weighted by atomic mass is 10.1. The highest BCUT2D eigenvalue weighted by atomic mass is 32.1. The standard InChI is InChI=1S/C18H21N3O5S/c1-23-13-3-2-12(14-9-24-4-5-25-14)16-15(13)19-17(27-16)20-18(22)21-7-11-6-10(21)8-26-11/h2-3,10-11,14H,4-9H2,1H3,(H,19,20,22)/t10-,11-,14?/m0/s1. The fourth-order valence-electron chi connectivity index (χ4n) is 3.95. The molecule has 2 bridgehead atoms. The van der Waals surface area contributed by atoms with Crippen molar-refractivity contribution in [1.29, 1.82) is 0 Å². The summed E-state index contributed by atoms with van der Waals surface area (Å²) in [4.78, 5) is 19.1. The zero-order chi connectivity index (χ0) is 18.4. The topological polar surface area (TPSA) is 82.2 Å². The summed E-state index contributed by atoms with van der Waals surface area (Å²) in [5, 5.41) is 3.51. The third kappa shape index (κ3) is 3.04. The van der Waals surface area contributed by atoms with E-state index in [9.17, 15) is 4.79 Å². The Bertz CT molecular complexity index is 866. The molecule has 2 amide bonds. The molecule has 1 aromatic carbocycles. The molecular weight excluding hydrogens is 370 g/mol. The minimum absolute atomic E-state index is 0.123. The van der Waals surface area contributed by atoms with Crippen LogP contribution in [-0.4, -0.2) is 68.1 Å². The summed E-state index contributed by atoms with van der Waals surface area (Å²) in [6.45, 7) is 2.96. The number of thiazole rings is 1. The van der Waals surface area contributed by atoms with E-state index in [0.29, 0.717) is 43.9 Å². The summed E-state index contributed by atoms with van der Waals surface area (Å²) < 4.78 is 23.4. The van der Waals surface area contributed by atoms with Crippen molar-refractivity contribution in [2.24, 2.45) is 0 Å². The number of carbonyl (C=O) groups is 1. The van der Waals surface area contributed by atoms with Gasteiger partial charge in [0.15, 0.2) is 5.13 Å². The van der Waals surface area contributed by atoms with Gasteiger partial charge in [-0.05, 0) is 12.5 Å². The van der Waals surface area contributed by atoms with Crippen molar-refractivity contribution < 1.29 is 23.7 Å². The fraction of sp³-hybridized carbons (Fsp3) is 0.556. The number of hydrogen-bond acceptors (Lipinski definition) is 7. The molecule has 0 spiro atoms. The predicted molar refractivity (Wildman–Crippen MR) is 99.6 cm³/mol. The van der Waals surface area contributed by atoms with Crippen LogP contribution in [0.4, 0.5) is 9.93 Å². The molecule has 144 valence electrons. The van der Waals surface area contributed by atoms with Gasteiger partial charge in [-0.1, -0.05) is 17.4 Å². The number of nitrogens with zero attached hydrogens (tertiary/aromatic N) is 2. The summed E-state index contributed by atoms with van der Waals surface area (Å²) in [6.07, 6.45) is 0.957. The number of hydrogen-bond donors (Lipinski definition) is 1. The van der Waals surface area contributed by atoms with Crippen LogP contribution in [0.25, 0.3) is 10.2 Å². The Morgan fingerprint density at radius 2 is 2.26 bits per heavy atom. The fourth-order valence-corrected chi connectivity index (χ4v) is 4.98. The molecule has 0 saturated carbocycles. The van der Waals surface area contributed by atoms with Gasteiger partial charge in [0.05, 0.1) is 50.4 Å². The maximum Gasteiger partial charge on any atom is 0.324 e. The van der Waals surface area contributed by atoms with Crippen LogP contribution in [0.3, 0.4) is 0 Å². The van der Waals surface area contributed by atoms with Gasteiger partial charge in [-0.15, -0.1) is 0 Å². The Balaban J connectivity index is 1.44. The quantitative estimate of drug-likeness (QED) is 0.865. The lowest BCUT2D eigenvalue weighted by Crippen LogP contribution is -2.43. The predicted octanol–water partition coefficient (Wildman–Crippen LogP) is 2.40. The van der Waals surface area contributed by atoms with Crippen LogP contribution >= 0.6 is 11.3 Å². The van der Waals surface area contributed by atoms with Crippen LogP contribution in [0.1, 0.15) is 18.1 Å². The maximum absolute atomic E-state index is 12.7. The van der Waals surface area contributed by atoms with E-state index in [2.05, 4.69) is 10.3 Å². The zero-order valence-electron chi connectivity index (χ0n) is 15.0. The van der Waals surface area contributed by atoms with Crippen molar-refractivity contribution in [3.63, 3.8) is 0 Å². The number of benzene rings is 1. The Kier molecular flexibility index (Phi) is 4.39. The highest BCUT2D eigenvalue weighted by molar-refractivity contribution is 7.22. The average molecular weight is 391 g/mol. The van der Waals surface area contributed by atoms with Crippen molar-refractivity contribution in [3.05, 3.63) is 17.7 Å². The normalized spacial score (nSPS) is 27.3. The van der Waals surface area contributed by atoms with Gasteiger partial charge >= 0.3 is 6.03 Å². The molecule has 3 fully saturated rings. The molecule has 2 aromatic rings. The van der Waals surface area contributed by atoms with Gasteiger partial charge in [-0.3, -0.25) is 5.32 Å². The van der Waals surface area contributed by atoms with Crippen LogP contribution in [0.5, 0.6) is 5.75 Å². The highest BCUT2D eigenvalue weighted by Gasteiger charge is 2.41. The molecule has 9 heteroatoms. The van der Waals surface area contributed by atoms with E-state index in [-0.39, 0.29) is 24.3 Å². The first-order valence-electron chi connectivity index (χ1n) is 9.09. The summed E-state index contributed by atoms with van der Waals surface area (Å²) in [5.41, 5.74) is 1.74. The van der Waals surface area contributed by atoms with E-state index >= 15 is 0 Å². The van der Waals surface area contributed by atoms with E-state index in [0.717, 1.165) is 22.2 Å². The van der Waals surface area contributed by atoms with Crippen molar-refractivity contribution in [2.45, 2.75) is 24.7 Å². The molecule has 3 aliphatic heterocycles. The van der Waals surface area contributed by atoms with E-state index in [1.54, 1.807) is 7.11 Å². The van der Waals surface area contributed by atoms with Crippen molar-refractivity contribution in [3.8, 4) is 5.75 Å². The molecule has 3 aliphatic rings. The van der Waals surface area contributed by atoms with Crippen molar-refractivity contribution in [1.82, 2.24) is 9.88 Å². The molecule has 0 radical (unpaired) electrons. The number of urea groups is 1.